The van der Waals surface area contributed by atoms with Crippen molar-refractivity contribution in [2.24, 2.45) is 0 Å². The molecule has 0 aromatic rings. The monoisotopic (exact) mass is 156 g/mol. The lowest BCUT2D eigenvalue weighted by Crippen LogP contribution is -1.92. The van der Waals surface area contributed by atoms with E-state index in [-0.39, 0.29) is 0 Å². The number of ether oxygens (including phenoxy) is 1. The van der Waals surface area contributed by atoms with Gasteiger partial charge in [0, 0.05) is 0 Å². The summed E-state index contributed by atoms with van der Waals surface area (Å²) in [5, 5.41) is 8.34. The van der Waals surface area contributed by atoms with Crippen LogP contribution >= 0.6 is 0 Å². The van der Waals surface area contributed by atoms with Crippen LogP contribution in [0.25, 0.3) is 0 Å². The highest BCUT2D eigenvalue weighted by Gasteiger charge is 1.94. The first-order chi connectivity index (χ1) is 5.06. The second-order valence-corrected chi connectivity index (χ2v) is 2.31. The highest BCUT2D eigenvalue weighted by Crippen LogP contribution is 2.01. The molecule has 3 nitrogen and oxygen atoms in total. The third-order valence-corrected chi connectivity index (χ3v) is 0.932. The average molecular weight is 156 g/mol. The van der Waals surface area contributed by atoms with Gasteiger partial charge in [0.25, 0.3) is 0 Å². The van der Waals surface area contributed by atoms with Crippen LogP contribution in [0.2, 0.25) is 0 Å². The Morgan fingerprint density at radius 1 is 1.36 bits per heavy atom. The molecule has 0 saturated heterocycles. The maximum atomic E-state index is 10.2. The first kappa shape index (κ1) is 9.75. The molecule has 0 aromatic carbocycles. The van der Waals surface area contributed by atoms with Crippen molar-refractivity contribution in [3.63, 3.8) is 0 Å². The number of allylic oxidation sites excluding steroid dienone is 2. The third-order valence-electron chi connectivity index (χ3n) is 0.932. The molecule has 0 unspecified atom stereocenters. The van der Waals surface area contributed by atoms with Gasteiger partial charge in [-0.1, -0.05) is 5.57 Å². The zero-order chi connectivity index (χ0) is 8.85. The molecular formula is C8H12O3. The predicted octanol–water partition coefficient (Wildman–Crippen LogP) is 1.57. The fraction of sp³-hybridized carbons (Fsp3) is 0.375. The number of carbonyl (C=O) groups is 1. The number of hydrogen-bond donors (Lipinski definition) is 1. The number of carboxylic acid groups (broad SMARTS) is 1. The molecule has 0 spiro atoms. The molecule has 0 fully saturated rings. The van der Waals surface area contributed by atoms with E-state index in [2.05, 4.69) is 0 Å². The normalized spacial score (nSPS) is 10.6. The van der Waals surface area contributed by atoms with Gasteiger partial charge in [-0.25, -0.2) is 4.79 Å². The van der Waals surface area contributed by atoms with Crippen molar-refractivity contribution in [3.05, 3.63) is 23.5 Å². The molecule has 0 aliphatic rings. The van der Waals surface area contributed by atoms with Crippen molar-refractivity contribution >= 4 is 5.97 Å². The molecule has 0 rings (SSSR count). The van der Waals surface area contributed by atoms with Crippen LogP contribution in [-0.4, -0.2) is 18.2 Å². The van der Waals surface area contributed by atoms with Crippen LogP contribution < -0.4 is 0 Å². The molecular weight excluding hydrogens is 144 g/mol. The molecule has 0 atom stereocenters. The number of hydrogen-bond acceptors (Lipinski definition) is 2. The molecule has 0 bridgehead atoms. The Morgan fingerprint density at radius 2 is 1.91 bits per heavy atom. The third kappa shape index (κ3) is 5.21. The van der Waals surface area contributed by atoms with Gasteiger partial charge in [0.1, 0.15) is 5.76 Å². The highest BCUT2D eigenvalue weighted by atomic mass is 16.5. The van der Waals surface area contributed by atoms with E-state index in [4.69, 9.17) is 9.84 Å². The summed E-state index contributed by atoms with van der Waals surface area (Å²) in [6.45, 7) is 3.74. The number of rotatable bonds is 3. The molecule has 1 N–H and O–H groups in total. The molecule has 0 radical (unpaired) electrons. The minimum atomic E-state index is -1.00. The van der Waals surface area contributed by atoms with Crippen LogP contribution in [0.5, 0.6) is 0 Å². The van der Waals surface area contributed by atoms with Gasteiger partial charge in [-0.3, -0.25) is 0 Å². The van der Waals surface area contributed by atoms with E-state index in [0.29, 0.717) is 5.76 Å². The minimum absolute atomic E-state index is 0.359. The van der Waals surface area contributed by atoms with Gasteiger partial charge in [-0.2, -0.15) is 0 Å². The predicted molar refractivity (Wildman–Crippen MR) is 42.2 cm³/mol. The molecule has 0 saturated carbocycles. The number of carboxylic acids is 1. The number of methoxy groups -OCH3 is 1. The fourth-order valence-corrected chi connectivity index (χ4v) is 0.566. The molecule has 11 heavy (non-hydrogen) atoms. The Labute approximate surface area is 66.0 Å². The standard InChI is InChI=1S/C8H12O3/c1-6(2)4-7(11-3)5-8(9)10/h4-5H,1-3H3,(H,9,10)/b7-5-. The van der Waals surface area contributed by atoms with Crippen molar-refractivity contribution in [2.45, 2.75) is 13.8 Å². The molecule has 0 amide bonds. The lowest BCUT2D eigenvalue weighted by molar-refractivity contribution is -0.131. The maximum Gasteiger partial charge on any atom is 0.332 e. The van der Waals surface area contributed by atoms with Gasteiger partial charge in [0.2, 0.25) is 0 Å². The van der Waals surface area contributed by atoms with E-state index in [1.807, 2.05) is 13.8 Å². The van der Waals surface area contributed by atoms with Gasteiger partial charge in [0.15, 0.2) is 0 Å². The summed E-state index contributed by atoms with van der Waals surface area (Å²) >= 11 is 0. The van der Waals surface area contributed by atoms with Crippen LogP contribution in [0.15, 0.2) is 23.5 Å². The van der Waals surface area contributed by atoms with Crippen LogP contribution in [0.3, 0.4) is 0 Å². The van der Waals surface area contributed by atoms with Crippen molar-refractivity contribution < 1.29 is 14.6 Å². The Morgan fingerprint density at radius 3 is 2.18 bits per heavy atom. The molecule has 0 aliphatic heterocycles. The van der Waals surface area contributed by atoms with E-state index < -0.39 is 5.97 Å². The summed E-state index contributed by atoms with van der Waals surface area (Å²) in [6, 6.07) is 0. The lowest BCUT2D eigenvalue weighted by atomic mass is 10.3. The Kier molecular flexibility index (Phi) is 4.03. The van der Waals surface area contributed by atoms with E-state index in [0.717, 1.165) is 11.6 Å². The average Bonchev–Trinajstić information content (AvgIpc) is 1.84. The van der Waals surface area contributed by atoms with Crippen molar-refractivity contribution in [1.82, 2.24) is 0 Å². The summed E-state index contributed by atoms with van der Waals surface area (Å²) in [4.78, 5) is 10.2. The zero-order valence-electron chi connectivity index (χ0n) is 6.92. The SMILES string of the molecule is CO/C(C=C(C)C)=C\C(=O)O. The van der Waals surface area contributed by atoms with Gasteiger partial charge in [0.05, 0.1) is 13.2 Å². The summed E-state index contributed by atoms with van der Waals surface area (Å²) in [5.41, 5.74) is 0.999. The summed E-state index contributed by atoms with van der Waals surface area (Å²) in [5.74, 6) is -0.642. The lowest BCUT2D eigenvalue weighted by Gasteiger charge is -1.98. The zero-order valence-corrected chi connectivity index (χ0v) is 6.92. The van der Waals surface area contributed by atoms with Gasteiger partial charge >= 0.3 is 5.97 Å². The van der Waals surface area contributed by atoms with Gasteiger partial charge < -0.3 is 9.84 Å². The summed E-state index contributed by atoms with van der Waals surface area (Å²) in [7, 11) is 1.44. The van der Waals surface area contributed by atoms with Crippen LogP contribution in [0.4, 0.5) is 0 Å². The molecule has 3 heteroatoms. The van der Waals surface area contributed by atoms with Gasteiger partial charge in [-0.05, 0) is 19.9 Å². The van der Waals surface area contributed by atoms with E-state index in [1.54, 1.807) is 6.08 Å². The largest absolute Gasteiger partial charge is 0.496 e. The Balaban J connectivity index is 4.41. The van der Waals surface area contributed by atoms with E-state index in [1.165, 1.54) is 7.11 Å². The van der Waals surface area contributed by atoms with Crippen molar-refractivity contribution in [1.29, 1.82) is 0 Å². The first-order valence-electron chi connectivity index (χ1n) is 3.19. The van der Waals surface area contributed by atoms with Crippen molar-refractivity contribution in [3.8, 4) is 0 Å². The van der Waals surface area contributed by atoms with E-state index in [9.17, 15) is 4.79 Å². The summed E-state index contributed by atoms with van der Waals surface area (Å²) in [6.07, 6.45) is 2.68. The fourth-order valence-electron chi connectivity index (χ4n) is 0.566. The molecule has 0 heterocycles. The molecule has 0 aliphatic carbocycles. The Hall–Kier alpha value is -1.25. The topological polar surface area (TPSA) is 46.5 Å². The number of aliphatic carboxylic acids is 1. The summed E-state index contributed by atoms with van der Waals surface area (Å²) < 4.78 is 4.78. The first-order valence-corrected chi connectivity index (χ1v) is 3.19. The van der Waals surface area contributed by atoms with Crippen LogP contribution in [0.1, 0.15) is 13.8 Å². The van der Waals surface area contributed by atoms with Crippen LogP contribution in [-0.2, 0) is 9.53 Å². The van der Waals surface area contributed by atoms with Gasteiger partial charge in [-0.15, -0.1) is 0 Å². The molecule has 62 valence electrons. The second-order valence-electron chi connectivity index (χ2n) is 2.31. The van der Waals surface area contributed by atoms with Crippen LogP contribution in [0, 0.1) is 0 Å². The smallest absolute Gasteiger partial charge is 0.332 e. The maximum absolute atomic E-state index is 10.2. The quantitative estimate of drug-likeness (QED) is 0.383. The van der Waals surface area contributed by atoms with E-state index >= 15 is 0 Å². The highest BCUT2D eigenvalue weighted by molar-refractivity contribution is 5.80. The molecule has 0 aromatic heterocycles. The van der Waals surface area contributed by atoms with Crippen molar-refractivity contribution in [2.75, 3.05) is 7.11 Å². The second kappa shape index (κ2) is 4.55. The minimum Gasteiger partial charge on any atom is -0.496 e. The Bertz CT molecular complexity index is 197.